The molecular formula is C12H6N4O2S2. The number of oxazole rings is 1. The van der Waals surface area contributed by atoms with Gasteiger partial charge in [-0.05, 0) is 11.5 Å². The van der Waals surface area contributed by atoms with Crippen LogP contribution in [-0.2, 0) is 0 Å². The van der Waals surface area contributed by atoms with E-state index >= 15 is 0 Å². The summed E-state index contributed by atoms with van der Waals surface area (Å²) in [6.07, 6.45) is 6.42. The molecule has 0 bridgehead atoms. The van der Waals surface area contributed by atoms with E-state index in [-0.39, 0.29) is 0 Å². The summed E-state index contributed by atoms with van der Waals surface area (Å²) in [5.41, 5.74) is 2.28. The number of nitrogens with zero attached hydrogens (tertiary/aromatic N) is 4. The zero-order valence-corrected chi connectivity index (χ0v) is 11.5. The molecule has 0 radical (unpaired) electrons. The Morgan fingerprint density at radius 1 is 1.10 bits per heavy atom. The van der Waals surface area contributed by atoms with Crippen molar-refractivity contribution < 1.29 is 8.94 Å². The van der Waals surface area contributed by atoms with E-state index in [4.69, 9.17) is 8.94 Å². The topological polar surface area (TPSA) is 77.8 Å². The van der Waals surface area contributed by atoms with Crippen LogP contribution in [-0.4, -0.2) is 19.5 Å². The molecule has 0 unspecified atom stereocenters. The van der Waals surface area contributed by atoms with Crippen molar-refractivity contribution in [2.75, 3.05) is 0 Å². The fraction of sp³-hybridized carbons (Fsp3) is 0. The maximum absolute atomic E-state index is 5.38. The molecule has 0 fully saturated rings. The fourth-order valence-corrected chi connectivity index (χ4v) is 3.41. The summed E-state index contributed by atoms with van der Waals surface area (Å²) in [7, 11) is 0. The van der Waals surface area contributed by atoms with E-state index in [2.05, 4.69) is 19.5 Å². The largest absolute Gasteiger partial charge is 0.444 e. The Morgan fingerprint density at radius 3 is 2.80 bits per heavy atom. The van der Waals surface area contributed by atoms with Gasteiger partial charge in [0.05, 0.1) is 11.8 Å². The molecule has 0 amide bonds. The van der Waals surface area contributed by atoms with Gasteiger partial charge in [-0.3, -0.25) is 0 Å². The summed E-state index contributed by atoms with van der Waals surface area (Å²) in [6, 6.07) is 1.77. The minimum Gasteiger partial charge on any atom is -0.444 e. The molecule has 0 saturated heterocycles. The molecule has 4 rings (SSSR count). The van der Waals surface area contributed by atoms with Crippen molar-refractivity contribution in [2.24, 2.45) is 0 Å². The molecule has 0 aliphatic carbocycles. The normalized spacial score (nSPS) is 11.0. The maximum atomic E-state index is 5.38. The molecule has 0 atom stereocenters. The first kappa shape index (κ1) is 11.5. The predicted octanol–water partition coefficient (Wildman–Crippen LogP) is 3.58. The zero-order valence-electron chi connectivity index (χ0n) is 9.89. The number of hydrogen-bond acceptors (Lipinski definition) is 8. The second kappa shape index (κ2) is 4.66. The zero-order chi connectivity index (χ0) is 13.4. The second-order valence-electron chi connectivity index (χ2n) is 3.79. The van der Waals surface area contributed by atoms with Crippen LogP contribution in [0.5, 0.6) is 0 Å². The molecular weight excluding hydrogens is 296 g/mol. The minimum absolute atomic E-state index is 0.530. The van der Waals surface area contributed by atoms with Crippen LogP contribution >= 0.6 is 22.9 Å². The average Bonchev–Trinajstić information content (AvgIpc) is 3.23. The summed E-state index contributed by atoms with van der Waals surface area (Å²) < 4.78 is 14.7. The standard InChI is InChI=1S/C12H6N4O2S2/c1-4-18-15-7(1)9-8(12-14-3-6-19-12)10(20-16-9)11-13-2-5-17-11/h1-6H. The fourth-order valence-electron chi connectivity index (χ4n) is 1.83. The van der Waals surface area contributed by atoms with Crippen molar-refractivity contribution in [3.8, 4) is 32.7 Å². The minimum atomic E-state index is 0.530. The van der Waals surface area contributed by atoms with Crippen molar-refractivity contribution in [3.05, 3.63) is 36.4 Å². The highest BCUT2D eigenvalue weighted by Crippen LogP contribution is 2.42. The van der Waals surface area contributed by atoms with Crippen molar-refractivity contribution in [1.29, 1.82) is 0 Å². The molecule has 4 heterocycles. The molecule has 4 aromatic heterocycles. The van der Waals surface area contributed by atoms with Crippen LogP contribution in [0.3, 0.4) is 0 Å². The first-order chi connectivity index (χ1) is 9.93. The average molecular weight is 302 g/mol. The van der Waals surface area contributed by atoms with Gasteiger partial charge in [0.15, 0.2) is 0 Å². The molecule has 0 aliphatic rings. The molecule has 6 nitrogen and oxygen atoms in total. The first-order valence-corrected chi connectivity index (χ1v) is 7.29. The third kappa shape index (κ3) is 1.77. The first-order valence-electron chi connectivity index (χ1n) is 5.63. The van der Waals surface area contributed by atoms with Crippen LogP contribution in [0.25, 0.3) is 32.7 Å². The predicted molar refractivity (Wildman–Crippen MR) is 74.2 cm³/mol. The molecule has 0 spiro atoms. The number of thiazole rings is 1. The highest BCUT2D eigenvalue weighted by molar-refractivity contribution is 7.14. The second-order valence-corrected chi connectivity index (χ2v) is 5.46. The lowest BCUT2D eigenvalue weighted by atomic mass is 10.1. The van der Waals surface area contributed by atoms with E-state index in [9.17, 15) is 0 Å². The van der Waals surface area contributed by atoms with Crippen LogP contribution in [0.15, 0.2) is 45.3 Å². The van der Waals surface area contributed by atoms with E-state index in [1.165, 1.54) is 35.4 Å². The summed E-state index contributed by atoms with van der Waals surface area (Å²) in [5.74, 6) is 0.530. The van der Waals surface area contributed by atoms with Crippen LogP contribution in [0.2, 0.25) is 0 Å². The van der Waals surface area contributed by atoms with E-state index in [0.29, 0.717) is 11.6 Å². The van der Waals surface area contributed by atoms with Crippen molar-refractivity contribution in [3.63, 3.8) is 0 Å². The lowest BCUT2D eigenvalue weighted by Crippen LogP contribution is -1.84. The van der Waals surface area contributed by atoms with Crippen molar-refractivity contribution in [1.82, 2.24) is 19.5 Å². The van der Waals surface area contributed by atoms with Gasteiger partial charge < -0.3 is 8.94 Å². The molecule has 0 saturated carbocycles. The number of hydrogen-bond donors (Lipinski definition) is 0. The van der Waals surface area contributed by atoms with E-state index < -0.39 is 0 Å². The smallest absolute Gasteiger partial charge is 0.238 e. The monoisotopic (exact) mass is 302 g/mol. The summed E-state index contributed by atoms with van der Waals surface area (Å²) in [6.45, 7) is 0. The summed E-state index contributed by atoms with van der Waals surface area (Å²) >= 11 is 2.84. The number of aromatic nitrogens is 4. The highest BCUT2D eigenvalue weighted by atomic mass is 32.1. The van der Waals surface area contributed by atoms with Gasteiger partial charge in [-0.2, -0.15) is 4.37 Å². The lowest BCUT2D eigenvalue weighted by molar-refractivity contribution is 0.422. The molecule has 20 heavy (non-hydrogen) atoms. The van der Waals surface area contributed by atoms with Gasteiger partial charge in [0.1, 0.15) is 33.8 Å². The third-order valence-corrected chi connectivity index (χ3v) is 4.27. The van der Waals surface area contributed by atoms with Crippen molar-refractivity contribution in [2.45, 2.75) is 0 Å². The van der Waals surface area contributed by atoms with Gasteiger partial charge in [0.2, 0.25) is 5.89 Å². The van der Waals surface area contributed by atoms with Crippen molar-refractivity contribution >= 4 is 22.9 Å². The van der Waals surface area contributed by atoms with Gasteiger partial charge in [0.25, 0.3) is 0 Å². The molecule has 8 heteroatoms. The Kier molecular flexibility index (Phi) is 2.68. The van der Waals surface area contributed by atoms with E-state index in [1.807, 2.05) is 5.38 Å². The van der Waals surface area contributed by atoms with Crippen LogP contribution in [0, 0.1) is 0 Å². The van der Waals surface area contributed by atoms with E-state index in [0.717, 1.165) is 21.1 Å². The van der Waals surface area contributed by atoms with Gasteiger partial charge in [-0.1, -0.05) is 5.16 Å². The molecule has 98 valence electrons. The third-order valence-electron chi connectivity index (χ3n) is 2.65. The maximum Gasteiger partial charge on any atom is 0.238 e. The Balaban J connectivity index is 1.98. The van der Waals surface area contributed by atoms with Gasteiger partial charge in [-0.25, -0.2) is 9.97 Å². The van der Waals surface area contributed by atoms with Gasteiger partial charge in [0, 0.05) is 17.6 Å². The summed E-state index contributed by atoms with van der Waals surface area (Å²) in [4.78, 5) is 9.38. The van der Waals surface area contributed by atoms with Gasteiger partial charge >= 0.3 is 0 Å². The Labute approximate surface area is 120 Å². The molecule has 0 aromatic carbocycles. The SMILES string of the molecule is c1coc(-c2snc(-c3ccon3)c2-c2nccs2)n1. The van der Waals surface area contributed by atoms with Crippen LogP contribution in [0.4, 0.5) is 0 Å². The Hall–Kier alpha value is -2.32. The quantitative estimate of drug-likeness (QED) is 0.575. The van der Waals surface area contributed by atoms with E-state index in [1.54, 1.807) is 18.5 Å². The lowest BCUT2D eigenvalue weighted by Gasteiger charge is -1.98. The van der Waals surface area contributed by atoms with Crippen LogP contribution < -0.4 is 0 Å². The Bertz CT molecular complexity index is 752. The number of rotatable bonds is 3. The molecule has 0 N–H and O–H groups in total. The van der Waals surface area contributed by atoms with Crippen LogP contribution in [0.1, 0.15) is 0 Å². The molecule has 4 aromatic rings. The summed E-state index contributed by atoms with van der Waals surface area (Å²) in [5, 5.41) is 6.71. The highest BCUT2D eigenvalue weighted by Gasteiger charge is 2.23. The Morgan fingerprint density at radius 2 is 2.10 bits per heavy atom. The van der Waals surface area contributed by atoms with Gasteiger partial charge in [-0.15, -0.1) is 11.3 Å². The molecule has 0 aliphatic heterocycles.